The number of hydrogen-bond acceptors (Lipinski definition) is 4. The molecule has 0 aromatic heterocycles. The molecule has 1 atom stereocenters. The van der Waals surface area contributed by atoms with Gasteiger partial charge in [-0.05, 0) is 18.2 Å². The van der Waals surface area contributed by atoms with Gasteiger partial charge in [0.1, 0.15) is 11.9 Å². The number of nitrogen functional groups attached to an aromatic ring is 1. The van der Waals surface area contributed by atoms with Crippen LogP contribution in [0.15, 0.2) is 18.2 Å². The van der Waals surface area contributed by atoms with E-state index in [4.69, 9.17) is 16.6 Å². The van der Waals surface area contributed by atoms with Gasteiger partial charge in [-0.25, -0.2) is 9.18 Å². The molecule has 1 rings (SSSR count). The van der Waals surface area contributed by atoms with Crippen LogP contribution in [0.4, 0.5) is 10.1 Å². The number of nitrogens with two attached hydrogens (primary N) is 2. The highest BCUT2D eigenvalue weighted by Crippen LogP contribution is 2.12. The number of halogens is 1. The summed E-state index contributed by atoms with van der Waals surface area (Å²) in [6, 6.07) is 1.83. The molecular weight excluding hydrogens is 257 g/mol. The van der Waals surface area contributed by atoms with Gasteiger partial charge in [0.2, 0.25) is 5.91 Å². The van der Waals surface area contributed by atoms with Gasteiger partial charge in [0.15, 0.2) is 0 Å². The molecule has 0 aliphatic heterocycles. The molecule has 0 radical (unpaired) electrons. The van der Waals surface area contributed by atoms with Crippen molar-refractivity contribution in [2.45, 2.75) is 12.5 Å². The Morgan fingerprint density at radius 3 is 2.47 bits per heavy atom. The lowest BCUT2D eigenvalue weighted by atomic mass is 10.1. The van der Waals surface area contributed by atoms with Crippen LogP contribution in [0.2, 0.25) is 0 Å². The first kappa shape index (κ1) is 14.4. The topological polar surface area (TPSA) is 136 Å². The van der Waals surface area contributed by atoms with Crippen LogP contribution in [-0.4, -0.2) is 28.9 Å². The maximum atomic E-state index is 13.4. The molecule has 19 heavy (non-hydrogen) atoms. The van der Waals surface area contributed by atoms with E-state index in [1.807, 2.05) is 5.32 Å². The summed E-state index contributed by atoms with van der Waals surface area (Å²) in [6.07, 6.45) is -0.586. The number of primary amides is 1. The third-order valence-corrected chi connectivity index (χ3v) is 2.25. The van der Waals surface area contributed by atoms with E-state index in [0.717, 1.165) is 12.1 Å². The molecule has 0 saturated carbocycles. The van der Waals surface area contributed by atoms with E-state index >= 15 is 0 Å². The SMILES string of the molecule is NC(=O)C[C@@H](NC(=O)c1ccc(N)cc1F)C(=O)O. The minimum atomic E-state index is -1.51. The normalized spacial score (nSPS) is 11.6. The zero-order valence-electron chi connectivity index (χ0n) is 9.72. The minimum Gasteiger partial charge on any atom is -0.480 e. The fourth-order valence-electron chi connectivity index (χ4n) is 1.35. The Morgan fingerprint density at radius 2 is 2.00 bits per heavy atom. The van der Waals surface area contributed by atoms with Crippen molar-refractivity contribution in [3.8, 4) is 0 Å². The van der Waals surface area contributed by atoms with Gasteiger partial charge in [0.25, 0.3) is 5.91 Å². The molecule has 0 unspecified atom stereocenters. The van der Waals surface area contributed by atoms with Crippen LogP contribution in [0, 0.1) is 5.82 Å². The molecule has 1 aromatic rings. The van der Waals surface area contributed by atoms with Gasteiger partial charge >= 0.3 is 5.97 Å². The Kier molecular flexibility index (Phi) is 4.41. The second-order valence-corrected chi connectivity index (χ2v) is 3.77. The molecule has 2 amide bonds. The molecular formula is C11H12FN3O4. The summed E-state index contributed by atoms with van der Waals surface area (Å²) in [6.45, 7) is 0. The van der Waals surface area contributed by atoms with Gasteiger partial charge < -0.3 is 21.9 Å². The average molecular weight is 269 g/mol. The number of carbonyl (C=O) groups is 3. The molecule has 0 aliphatic rings. The van der Waals surface area contributed by atoms with Crippen molar-refractivity contribution in [2.24, 2.45) is 5.73 Å². The summed E-state index contributed by atoms with van der Waals surface area (Å²) in [5.74, 6) is -4.19. The monoisotopic (exact) mass is 269 g/mol. The van der Waals surface area contributed by atoms with Crippen molar-refractivity contribution in [3.63, 3.8) is 0 Å². The number of benzene rings is 1. The lowest BCUT2D eigenvalue weighted by Gasteiger charge is -2.13. The average Bonchev–Trinajstić information content (AvgIpc) is 2.26. The van der Waals surface area contributed by atoms with Crippen LogP contribution in [0.25, 0.3) is 0 Å². The van der Waals surface area contributed by atoms with E-state index in [0.29, 0.717) is 0 Å². The Hall–Kier alpha value is -2.64. The Balaban J connectivity index is 2.87. The molecule has 0 fully saturated rings. The smallest absolute Gasteiger partial charge is 0.326 e. The second kappa shape index (κ2) is 5.80. The Bertz CT molecular complexity index is 533. The van der Waals surface area contributed by atoms with E-state index in [1.165, 1.54) is 6.07 Å². The van der Waals surface area contributed by atoms with Gasteiger partial charge in [-0.3, -0.25) is 9.59 Å². The van der Waals surface area contributed by atoms with Crippen LogP contribution >= 0.6 is 0 Å². The number of aliphatic carboxylic acids is 1. The van der Waals surface area contributed by atoms with Crippen molar-refractivity contribution in [1.29, 1.82) is 0 Å². The van der Waals surface area contributed by atoms with E-state index in [2.05, 4.69) is 0 Å². The van der Waals surface area contributed by atoms with E-state index in [9.17, 15) is 18.8 Å². The molecule has 1 aromatic carbocycles. The van der Waals surface area contributed by atoms with Gasteiger partial charge in [-0.2, -0.15) is 0 Å². The Morgan fingerprint density at radius 1 is 1.37 bits per heavy atom. The number of carboxylic acids is 1. The third kappa shape index (κ3) is 3.95. The molecule has 6 N–H and O–H groups in total. The van der Waals surface area contributed by atoms with Crippen molar-refractivity contribution >= 4 is 23.5 Å². The lowest BCUT2D eigenvalue weighted by molar-refractivity contribution is -0.140. The van der Waals surface area contributed by atoms with Crippen LogP contribution in [0.5, 0.6) is 0 Å². The summed E-state index contributed by atoms with van der Waals surface area (Å²) in [7, 11) is 0. The lowest BCUT2D eigenvalue weighted by Crippen LogP contribution is -2.43. The molecule has 7 nitrogen and oxygen atoms in total. The molecule has 0 spiro atoms. The van der Waals surface area contributed by atoms with Crippen molar-refractivity contribution in [1.82, 2.24) is 5.32 Å². The van der Waals surface area contributed by atoms with E-state index < -0.39 is 36.1 Å². The second-order valence-electron chi connectivity index (χ2n) is 3.77. The molecule has 8 heteroatoms. The van der Waals surface area contributed by atoms with Crippen molar-refractivity contribution in [2.75, 3.05) is 5.73 Å². The van der Waals surface area contributed by atoms with Crippen LogP contribution in [0.1, 0.15) is 16.8 Å². The van der Waals surface area contributed by atoms with Crippen molar-refractivity contribution < 1.29 is 23.9 Å². The highest BCUT2D eigenvalue weighted by Gasteiger charge is 2.23. The summed E-state index contributed by atoms with van der Waals surface area (Å²) in [5.41, 5.74) is 9.92. The number of rotatable bonds is 5. The van der Waals surface area contributed by atoms with Gasteiger partial charge in [-0.15, -0.1) is 0 Å². The standard InChI is InChI=1S/C11H12FN3O4/c12-7-3-5(13)1-2-6(7)10(17)15-8(11(18)19)4-9(14)16/h1-3,8H,4,13H2,(H2,14,16)(H,15,17)(H,18,19)/t8-/m1/s1. The fourth-order valence-corrected chi connectivity index (χ4v) is 1.35. The molecule has 0 aliphatic carbocycles. The molecule has 0 bridgehead atoms. The van der Waals surface area contributed by atoms with Gasteiger partial charge in [-0.1, -0.05) is 0 Å². The molecule has 0 saturated heterocycles. The molecule has 102 valence electrons. The maximum absolute atomic E-state index is 13.4. The number of carboxylic acid groups (broad SMARTS) is 1. The third-order valence-electron chi connectivity index (χ3n) is 2.25. The van der Waals surface area contributed by atoms with Crippen LogP contribution in [-0.2, 0) is 9.59 Å². The first-order chi connectivity index (χ1) is 8.81. The highest BCUT2D eigenvalue weighted by molar-refractivity contribution is 5.98. The number of amides is 2. The van der Waals surface area contributed by atoms with Gasteiger partial charge in [0.05, 0.1) is 12.0 Å². The number of hydrogen-bond donors (Lipinski definition) is 4. The zero-order valence-corrected chi connectivity index (χ0v) is 9.72. The summed E-state index contributed by atoms with van der Waals surface area (Å²) in [4.78, 5) is 33.1. The minimum absolute atomic E-state index is 0.126. The number of carbonyl (C=O) groups excluding carboxylic acids is 2. The summed E-state index contributed by atoms with van der Waals surface area (Å²) < 4.78 is 13.4. The Labute approximate surface area is 107 Å². The fraction of sp³-hybridized carbons (Fsp3) is 0.182. The van der Waals surface area contributed by atoms with E-state index in [1.54, 1.807) is 0 Å². The van der Waals surface area contributed by atoms with Gasteiger partial charge in [0, 0.05) is 5.69 Å². The predicted octanol–water partition coefficient (Wildman–Crippen LogP) is -0.534. The summed E-state index contributed by atoms with van der Waals surface area (Å²) >= 11 is 0. The first-order valence-corrected chi connectivity index (χ1v) is 5.18. The zero-order chi connectivity index (χ0) is 14.6. The quantitative estimate of drug-likeness (QED) is 0.532. The maximum Gasteiger partial charge on any atom is 0.326 e. The number of nitrogens with one attached hydrogen (secondary N) is 1. The first-order valence-electron chi connectivity index (χ1n) is 5.18. The highest BCUT2D eigenvalue weighted by atomic mass is 19.1. The predicted molar refractivity (Wildman–Crippen MR) is 63.5 cm³/mol. The van der Waals surface area contributed by atoms with Crippen LogP contribution in [0.3, 0.4) is 0 Å². The summed E-state index contributed by atoms with van der Waals surface area (Å²) in [5, 5.41) is 10.8. The number of anilines is 1. The molecule has 0 heterocycles. The van der Waals surface area contributed by atoms with E-state index in [-0.39, 0.29) is 11.3 Å². The largest absolute Gasteiger partial charge is 0.480 e. The van der Waals surface area contributed by atoms with Crippen LogP contribution < -0.4 is 16.8 Å². The van der Waals surface area contributed by atoms with Crippen molar-refractivity contribution in [3.05, 3.63) is 29.6 Å².